The third-order valence-corrected chi connectivity index (χ3v) is 4.57. The van der Waals surface area contributed by atoms with Crippen molar-refractivity contribution in [2.45, 2.75) is 19.9 Å². The van der Waals surface area contributed by atoms with Gasteiger partial charge in [-0.1, -0.05) is 30.7 Å². The number of benzene rings is 1. The second-order valence-corrected chi connectivity index (χ2v) is 6.08. The zero-order valence-electron chi connectivity index (χ0n) is 11.4. The summed E-state index contributed by atoms with van der Waals surface area (Å²) in [5.74, 6) is 0.242. The molecule has 0 bridgehead atoms. The van der Waals surface area contributed by atoms with E-state index in [-0.39, 0.29) is 5.82 Å². The average molecular weight is 322 g/mol. The average Bonchev–Trinajstić information content (AvgIpc) is 2.90. The molecule has 6 heteroatoms. The number of anilines is 1. The quantitative estimate of drug-likeness (QED) is 0.710. The van der Waals surface area contributed by atoms with E-state index in [1.165, 1.54) is 17.0 Å². The predicted molar refractivity (Wildman–Crippen MR) is 85.5 cm³/mol. The smallest absolute Gasteiger partial charge is 0.225 e. The molecule has 3 aromatic rings. The van der Waals surface area contributed by atoms with E-state index in [2.05, 4.69) is 22.2 Å². The van der Waals surface area contributed by atoms with Crippen LogP contribution in [0.4, 0.5) is 10.3 Å². The molecule has 1 N–H and O–H groups in total. The van der Waals surface area contributed by atoms with Gasteiger partial charge in [-0.15, -0.1) is 11.3 Å². The Morgan fingerprint density at radius 1 is 1.24 bits per heavy atom. The van der Waals surface area contributed by atoms with Crippen LogP contribution in [0.1, 0.15) is 17.4 Å². The summed E-state index contributed by atoms with van der Waals surface area (Å²) in [5, 5.41) is 4.47. The van der Waals surface area contributed by atoms with Crippen molar-refractivity contribution in [1.29, 1.82) is 0 Å². The van der Waals surface area contributed by atoms with E-state index in [0.717, 1.165) is 22.2 Å². The first-order chi connectivity index (χ1) is 10.2. The van der Waals surface area contributed by atoms with Crippen molar-refractivity contribution in [3.8, 4) is 0 Å². The molecule has 0 fully saturated rings. The third kappa shape index (κ3) is 3.14. The minimum absolute atomic E-state index is 0.245. The minimum atomic E-state index is -0.245. The van der Waals surface area contributed by atoms with E-state index < -0.39 is 0 Å². The maximum atomic E-state index is 12.9. The summed E-state index contributed by atoms with van der Waals surface area (Å²) in [7, 11) is 0. The fourth-order valence-electron chi connectivity index (χ4n) is 1.97. The molecule has 2 heterocycles. The largest absolute Gasteiger partial charge is 0.350 e. The van der Waals surface area contributed by atoms with Crippen LogP contribution in [0.3, 0.4) is 0 Å². The van der Waals surface area contributed by atoms with E-state index in [4.69, 9.17) is 11.6 Å². The highest BCUT2D eigenvalue weighted by molar-refractivity contribution is 7.18. The number of halogens is 2. The van der Waals surface area contributed by atoms with Gasteiger partial charge in [0.15, 0.2) is 0 Å². The lowest BCUT2D eigenvalue weighted by molar-refractivity contribution is 0.627. The van der Waals surface area contributed by atoms with E-state index in [1.807, 2.05) is 6.07 Å². The van der Waals surface area contributed by atoms with E-state index in [1.54, 1.807) is 23.5 Å². The molecule has 0 unspecified atom stereocenters. The predicted octanol–water partition coefficient (Wildman–Crippen LogP) is 4.66. The van der Waals surface area contributed by atoms with Gasteiger partial charge in [0.05, 0.1) is 0 Å². The topological polar surface area (TPSA) is 37.8 Å². The number of nitrogens with zero attached hydrogens (tertiary/aromatic N) is 2. The lowest BCUT2D eigenvalue weighted by Crippen LogP contribution is -2.03. The van der Waals surface area contributed by atoms with Crippen LogP contribution in [0, 0.1) is 5.82 Å². The van der Waals surface area contributed by atoms with Gasteiger partial charge in [0.1, 0.15) is 15.8 Å². The molecule has 0 amide bonds. The Morgan fingerprint density at radius 2 is 2.00 bits per heavy atom. The van der Waals surface area contributed by atoms with Crippen LogP contribution in [0.5, 0.6) is 0 Å². The maximum Gasteiger partial charge on any atom is 0.225 e. The third-order valence-electron chi connectivity index (χ3n) is 3.11. The Labute approximate surface area is 130 Å². The number of nitrogens with one attached hydrogen (secondary N) is 1. The zero-order valence-corrected chi connectivity index (χ0v) is 12.9. The Bertz CT molecular complexity index is 770. The van der Waals surface area contributed by atoms with Gasteiger partial charge < -0.3 is 5.32 Å². The molecule has 0 atom stereocenters. The first-order valence-corrected chi connectivity index (χ1v) is 7.79. The van der Waals surface area contributed by atoms with E-state index in [0.29, 0.717) is 17.6 Å². The van der Waals surface area contributed by atoms with Gasteiger partial charge >= 0.3 is 0 Å². The molecule has 3 rings (SSSR count). The van der Waals surface area contributed by atoms with Crippen molar-refractivity contribution in [3.63, 3.8) is 0 Å². The molecular formula is C15H13ClFN3S. The molecule has 3 nitrogen and oxygen atoms in total. The van der Waals surface area contributed by atoms with Crippen molar-refractivity contribution in [2.24, 2.45) is 0 Å². The van der Waals surface area contributed by atoms with Gasteiger partial charge in [-0.05, 0) is 30.2 Å². The van der Waals surface area contributed by atoms with Crippen LogP contribution in [-0.2, 0) is 13.0 Å². The second-order valence-electron chi connectivity index (χ2n) is 4.60. The van der Waals surface area contributed by atoms with Crippen molar-refractivity contribution in [3.05, 3.63) is 51.7 Å². The molecule has 0 saturated heterocycles. The van der Waals surface area contributed by atoms with E-state index in [9.17, 15) is 4.39 Å². The van der Waals surface area contributed by atoms with Gasteiger partial charge in [0, 0.05) is 16.8 Å². The molecule has 0 saturated carbocycles. The molecule has 0 aliphatic heterocycles. The van der Waals surface area contributed by atoms with Crippen LogP contribution >= 0.6 is 22.9 Å². The summed E-state index contributed by atoms with van der Waals surface area (Å²) >= 11 is 7.83. The lowest BCUT2D eigenvalue weighted by Gasteiger charge is -2.05. The number of aryl methyl sites for hydroxylation is 1. The number of hydrogen-bond acceptors (Lipinski definition) is 4. The SMILES string of the molecule is CCc1cc2c(Cl)nc(NCc3ccc(F)cc3)nc2s1. The summed E-state index contributed by atoms with van der Waals surface area (Å²) in [4.78, 5) is 10.8. The number of thiophene rings is 1. The van der Waals surface area contributed by atoms with Crippen LogP contribution in [0.2, 0.25) is 5.15 Å². The Kier molecular flexibility index (Phi) is 4.03. The molecule has 0 radical (unpaired) electrons. The van der Waals surface area contributed by atoms with Gasteiger partial charge in [0.25, 0.3) is 0 Å². The molecule has 0 aliphatic carbocycles. The van der Waals surface area contributed by atoms with Gasteiger partial charge in [-0.3, -0.25) is 0 Å². The number of hydrogen-bond donors (Lipinski definition) is 1. The fraction of sp³-hybridized carbons (Fsp3) is 0.200. The molecule has 2 aromatic heterocycles. The highest BCUT2D eigenvalue weighted by atomic mass is 35.5. The number of aromatic nitrogens is 2. The van der Waals surface area contributed by atoms with Crippen LogP contribution in [-0.4, -0.2) is 9.97 Å². The van der Waals surface area contributed by atoms with E-state index >= 15 is 0 Å². The van der Waals surface area contributed by atoms with Crippen molar-refractivity contribution < 1.29 is 4.39 Å². The highest BCUT2D eigenvalue weighted by Crippen LogP contribution is 2.30. The summed E-state index contributed by atoms with van der Waals surface area (Å²) in [6.07, 6.45) is 0.954. The van der Waals surface area contributed by atoms with Crippen molar-refractivity contribution in [2.75, 3.05) is 5.32 Å². The Balaban J connectivity index is 1.82. The molecule has 0 aliphatic rings. The monoisotopic (exact) mass is 321 g/mol. The zero-order chi connectivity index (χ0) is 14.8. The van der Waals surface area contributed by atoms with Crippen LogP contribution in [0.25, 0.3) is 10.2 Å². The van der Waals surface area contributed by atoms with Gasteiger partial charge in [-0.2, -0.15) is 0 Å². The normalized spacial score (nSPS) is 11.0. The molecule has 1 aromatic carbocycles. The molecular weight excluding hydrogens is 309 g/mol. The lowest BCUT2D eigenvalue weighted by atomic mass is 10.2. The minimum Gasteiger partial charge on any atom is -0.350 e. The summed E-state index contributed by atoms with van der Waals surface area (Å²) in [6.45, 7) is 2.62. The number of fused-ring (bicyclic) bond motifs is 1. The molecule has 21 heavy (non-hydrogen) atoms. The number of rotatable bonds is 4. The Hall–Kier alpha value is -1.72. The first kappa shape index (κ1) is 14.2. The van der Waals surface area contributed by atoms with Gasteiger partial charge in [0.2, 0.25) is 5.95 Å². The Morgan fingerprint density at radius 3 is 2.71 bits per heavy atom. The fourth-order valence-corrected chi connectivity index (χ4v) is 3.22. The highest BCUT2D eigenvalue weighted by Gasteiger charge is 2.09. The standard InChI is InChI=1S/C15H13ClFN3S/c1-2-11-7-12-13(16)19-15(20-14(12)21-11)18-8-9-3-5-10(17)6-4-9/h3-7H,2,8H2,1H3,(H,18,19,20). The van der Waals surface area contributed by atoms with Crippen molar-refractivity contribution in [1.82, 2.24) is 9.97 Å². The first-order valence-electron chi connectivity index (χ1n) is 6.60. The van der Waals surface area contributed by atoms with Crippen LogP contribution < -0.4 is 5.32 Å². The molecule has 108 valence electrons. The van der Waals surface area contributed by atoms with Crippen LogP contribution in [0.15, 0.2) is 30.3 Å². The molecule has 0 spiro atoms. The second kappa shape index (κ2) is 5.95. The van der Waals surface area contributed by atoms with Gasteiger partial charge in [-0.25, -0.2) is 14.4 Å². The summed E-state index contributed by atoms with van der Waals surface area (Å²) in [5.41, 5.74) is 0.955. The maximum absolute atomic E-state index is 12.9. The summed E-state index contributed by atoms with van der Waals surface area (Å²) in [6, 6.07) is 8.35. The summed E-state index contributed by atoms with van der Waals surface area (Å²) < 4.78 is 12.9. The van der Waals surface area contributed by atoms with Crippen molar-refractivity contribution >= 4 is 39.1 Å².